The SMILES string of the molecule is C=CC[C@@H]1O[C@@H](CCCOCc2ccc(OC)cc2)CC1=C. The molecule has 1 fully saturated rings. The van der Waals surface area contributed by atoms with Crippen LogP contribution >= 0.6 is 0 Å². The van der Waals surface area contributed by atoms with E-state index in [-0.39, 0.29) is 6.10 Å². The lowest BCUT2D eigenvalue weighted by molar-refractivity contribution is 0.0385. The monoisotopic (exact) mass is 302 g/mol. The summed E-state index contributed by atoms with van der Waals surface area (Å²) in [4.78, 5) is 0. The molecule has 2 atom stereocenters. The number of methoxy groups -OCH3 is 1. The topological polar surface area (TPSA) is 27.7 Å². The lowest BCUT2D eigenvalue weighted by atomic mass is 10.0. The predicted molar refractivity (Wildman–Crippen MR) is 89.1 cm³/mol. The van der Waals surface area contributed by atoms with Crippen molar-refractivity contribution in [2.45, 2.75) is 44.5 Å². The molecule has 2 rings (SSSR count). The minimum atomic E-state index is 0.169. The van der Waals surface area contributed by atoms with Gasteiger partial charge in [0.25, 0.3) is 0 Å². The summed E-state index contributed by atoms with van der Waals surface area (Å²) < 4.78 is 16.8. The smallest absolute Gasteiger partial charge is 0.118 e. The van der Waals surface area contributed by atoms with Gasteiger partial charge in [0.1, 0.15) is 5.75 Å². The lowest BCUT2D eigenvalue weighted by Crippen LogP contribution is -2.11. The average Bonchev–Trinajstić information content (AvgIpc) is 2.88. The molecule has 1 aromatic rings. The fraction of sp³-hybridized carbons (Fsp3) is 0.474. The van der Waals surface area contributed by atoms with Gasteiger partial charge in [-0.15, -0.1) is 6.58 Å². The Labute approximate surface area is 133 Å². The maximum Gasteiger partial charge on any atom is 0.118 e. The first-order valence-corrected chi connectivity index (χ1v) is 7.87. The molecule has 1 aliphatic heterocycles. The summed E-state index contributed by atoms with van der Waals surface area (Å²) in [5, 5.41) is 0. The van der Waals surface area contributed by atoms with Crippen molar-refractivity contribution in [2.75, 3.05) is 13.7 Å². The highest BCUT2D eigenvalue weighted by molar-refractivity contribution is 5.26. The molecule has 0 unspecified atom stereocenters. The number of hydrogen-bond acceptors (Lipinski definition) is 3. The van der Waals surface area contributed by atoms with Gasteiger partial charge < -0.3 is 14.2 Å². The fourth-order valence-electron chi connectivity index (χ4n) is 2.67. The molecule has 1 aromatic carbocycles. The minimum Gasteiger partial charge on any atom is -0.497 e. The van der Waals surface area contributed by atoms with E-state index in [1.807, 2.05) is 30.3 Å². The highest BCUT2D eigenvalue weighted by atomic mass is 16.5. The van der Waals surface area contributed by atoms with Crippen molar-refractivity contribution in [3.05, 3.63) is 54.6 Å². The van der Waals surface area contributed by atoms with Crippen LogP contribution in [0, 0.1) is 0 Å². The van der Waals surface area contributed by atoms with Crippen molar-refractivity contribution in [2.24, 2.45) is 0 Å². The molecule has 3 nitrogen and oxygen atoms in total. The number of benzene rings is 1. The van der Waals surface area contributed by atoms with Crippen molar-refractivity contribution in [1.82, 2.24) is 0 Å². The molecule has 0 aromatic heterocycles. The zero-order valence-electron chi connectivity index (χ0n) is 13.4. The van der Waals surface area contributed by atoms with E-state index in [1.54, 1.807) is 7.11 Å². The van der Waals surface area contributed by atoms with Crippen LogP contribution < -0.4 is 4.74 Å². The molecule has 22 heavy (non-hydrogen) atoms. The Kier molecular flexibility index (Phi) is 6.69. The lowest BCUT2D eigenvalue weighted by Gasteiger charge is -2.12. The van der Waals surface area contributed by atoms with Gasteiger partial charge in [0.2, 0.25) is 0 Å². The van der Waals surface area contributed by atoms with Gasteiger partial charge in [-0.25, -0.2) is 0 Å². The summed E-state index contributed by atoms with van der Waals surface area (Å²) >= 11 is 0. The van der Waals surface area contributed by atoms with Crippen molar-refractivity contribution in [3.63, 3.8) is 0 Å². The number of rotatable bonds is 9. The minimum absolute atomic E-state index is 0.169. The van der Waals surface area contributed by atoms with Gasteiger partial charge in [0.15, 0.2) is 0 Å². The van der Waals surface area contributed by atoms with Crippen molar-refractivity contribution >= 4 is 0 Å². The van der Waals surface area contributed by atoms with Crippen LogP contribution in [0.4, 0.5) is 0 Å². The van der Waals surface area contributed by atoms with Crippen LogP contribution in [-0.4, -0.2) is 25.9 Å². The predicted octanol–water partition coefficient (Wildman–Crippen LogP) is 4.28. The highest BCUT2D eigenvalue weighted by Crippen LogP contribution is 2.29. The summed E-state index contributed by atoms with van der Waals surface area (Å²) in [5.74, 6) is 0.872. The second-order valence-corrected chi connectivity index (χ2v) is 5.68. The van der Waals surface area contributed by atoms with Crippen LogP contribution in [0.2, 0.25) is 0 Å². The fourth-order valence-corrected chi connectivity index (χ4v) is 2.67. The van der Waals surface area contributed by atoms with E-state index < -0.39 is 0 Å². The maximum absolute atomic E-state index is 5.96. The standard InChI is InChI=1S/C19H26O3/c1-4-6-19-15(2)13-18(22-19)7-5-12-21-14-16-8-10-17(20-3)11-9-16/h4,8-11,18-19H,1-2,5-7,12-14H2,3H3/t18-,19-/m0/s1. The summed E-state index contributed by atoms with van der Waals surface area (Å²) in [5.41, 5.74) is 2.36. The van der Waals surface area contributed by atoms with E-state index in [9.17, 15) is 0 Å². The first kappa shape index (κ1) is 16.8. The molecule has 0 aliphatic carbocycles. The van der Waals surface area contributed by atoms with Crippen LogP contribution in [0.5, 0.6) is 5.75 Å². The van der Waals surface area contributed by atoms with E-state index in [0.717, 1.165) is 43.6 Å². The summed E-state index contributed by atoms with van der Waals surface area (Å²) in [6.07, 6.45) is 6.23. The third-order valence-electron chi connectivity index (χ3n) is 3.93. The maximum atomic E-state index is 5.96. The number of ether oxygens (including phenoxy) is 3. The molecule has 0 amide bonds. The zero-order valence-corrected chi connectivity index (χ0v) is 13.4. The van der Waals surface area contributed by atoms with Crippen LogP contribution in [0.1, 0.15) is 31.2 Å². The second kappa shape index (κ2) is 8.76. The van der Waals surface area contributed by atoms with Gasteiger partial charge in [-0.2, -0.15) is 0 Å². The Balaban J connectivity index is 1.59. The van der Waals surface area contributed by atoms with Gasteiger partial charge >= 0.3 is 0 Å². The Hall–Kier alpha value is -1.58. The number of hydrogen-bond donors (Lipinski definition) is 0. The van der Waals surface area contributed by atoms with Crippen LogP contribution in [0.15, 0.2) is 49.1 Å². The van der Waals surface area contributed by atoms with Gasteiger partial charge in [0.05, 0.1) is 25.9 Å². The summed E-state index contributed by atoms with van der Waals surface area (Å²) in [6.45, 7) is 9.24. The Bertz CT molecular complexity index is 478. The van der Waals surface area contributed by atoms with Gasteiger partial charge in [-0.3, -0.25) is 0 Å². The van der Waals surface area contributed by atoms with E-state index >= 15 is 0 Å². The van der Waals surface area contributed by atoms with Crippen LogP contribution in [-0.2, 0) is 16.1 Å². The molecule has 1 heterocycles. The summed E-state index contributed by atoms with van der Waals surface area (Å²) in [7, 11) is 1.67. The normalized spacial score (nSPS) is 21.0. The molecule has 0 radical (unpaired) electrons. The second-order valence-electron chi connectivity index (χ2n) is 5.68. The van der Waals surface area contributed by atoms with Gasteiger partial charge in [0, 0.05) is 6.61 Å². The third kappa shape index (κ3) is 5.00. The first-order chi connectivity index (χ1) is 10.7. The van der Waals surface area contributed by atoms with Crippen molar-refractivity contribution in [1.29, 1.82) is 0 Å². The van der Waals surface area contributed by atoms with E-state index in [0.29, 0.717) is 12.7 Å². The Morgan fingerprint density at radius 2 is 2.09 bits per heavy atom. The molecule has 0 spiro atoms. The quantitative estimate of drug-likeness (QED) is 0.503. The molecule has 0 bridgehead atoms. The largest absolute Gasteiger partial charge is 0.497 e. The Morgan fingerprint density at radius 3 is 2.77 bits per heavy atom. The zero-order chi connectivity index (χ0) is 15.8. The summed E-state index contributed by atoms with van der Waals surface area (Å²) in [6, 6.07) is 7.97. The van der Waals surface area contributed by atoms with E-state index in [4.69, 9.17) is 14.2 Å². The first-order valence-electron chi connectivity index (χ1n) is 7.87. The Morgan fingerprint density at radius 1 is 1.32 bits per heavy atom. The third-order valence-corrected chi connectivity index (χ3v) is 3.93. The van der Waals surface area contributed by atoms with Crippen LogP contribution in [0.25, 0.3) is 0 Å². The molecule has 0 N–H and O–H groups in total. The average molecular weight is 302 g/mol. The molecule has 3 heteroatoms. The van der Waals surface area contributed by atoms with E-state index in [2.05, 4.69) is 13.2 Å². The highest BCUT2D eigenvalue weighted by Gasteiger charge is 2.27. The van der Waals surface area contributed by atoms with E-state index in [1.165, 1.54) is 5.57 Å². The molecule has 1 aliphatic rings. The van der Waals surface area contributed by atoms with Gasteiger partial charge in [-0.05, 0) is 49.0 Å². The molecular formula is C19H26O3. The molecule has 120 valence electrons. The molecular weight excluding hydrogens is 276 g/mol. The van der Waals surface area contributed by atoms with Gasteiger partial charge in [-0.1, -0.05) is 24.8 Å². The molecule has 0 saturated carbocycles. The van der Waals surface area contributed by atoms with Crippen LogP contribution in [0.3, 0.4) is 0 Å². The van der Waals surface area contributed by atoms with Crippen molar-refractivity contribution < 1.29 is 14.2 Å². The molecule has 1 saturated heterocycles. The van der Waals surface area contributed by atoms with Crippen molar-refractivity contribution in [3.8, 4) is 5.75 Å².